The van der Waals surface area contributed by atoms with Crippen molar-refractivity contribution >= 4 is 11.7 Å². The van der Waals surface area contributed by atoms with Crippen molar-refractivity contribution in [2.24, 2.45) is 7.05 Å². The number of aryl methyl sites for hydroxylation is 1. The van der Waals surface area contributed by atoms with Gasteiger partial charge in [0.05, 0.1) is 17.9 Å². The minimum atomic E-state index is -0.316. The second-order valence-corrected chi connectivity index (χ2v) is 5.93. The Morgan fingerprint density at radius 2 is 2.19 bits per heavy atom. The fraction of sp³-hybridized carbons (Fsp3) is 0.667. The van der Waals surface area contributed by atoms with Gasteiger partial charge in [0.2, 0.25) is 0 Å². The maximum Gasteiger partial charge on any atom is 0.355 e. The van der Waals surface area contributed by atoms with E-state index in [9.17, 15) is 4.79 Å². The lowest BCUT2D eigenvalue weighted by molar-refractivity contribution is -0.160. The average Bonchev–Trinajstić information content (AvgIpc) is 2.79. The molecule has 3 rings (SSSR count). The lowest BCUT2D eigenvalue weighted by Gasteiger charge is -2.42. The lowest BCUT2D eigenvalue weighted by Crippen LogP contribution is -2.47. The minimum absolute atomic E-state index is 0.0968. The van der Waals surface area contributed by atoms with Crippen molar-refractivity contribution in [1.82, 2.24) is 4.57 Å². The molecule has 21 heavy (non-hydrogen) atoms. The van der Waals surface area contributed by atoms with Crippen LogP contribution >= 0.6 is 0 Å². The number of nitrogens with zero attached hydrogens (tertiary/aromatic N) is 1. The van der Waals surface area contributed by atoms with Crippen molar-refractivity contribution < 1.29 is 19.0 Å². The van der Waals surface area contributed by atoms with Gasteiger partial charge >= 0.3 is 5.97 Å². The van der Waals surface area contributed by atoms with Gasteiger partial charge in [-0.25, -0.2) is 4.79 Å². The third kappa shape index (κ3) is 3.06. The van der Waals surface area contributed by atoms with Crippen LogP contribution in [0.4, 0.5) is 5.69 Å². The molecular formula is C15H22N2O4. The molecule has 2 aliphatic heterocycles. The molecule has 0 bridgehead atoms. The Bertz CT molecular complexity index is 514. The summed E-state index contributed by atoms with van der Waals surface area (Å²) < 4.78 is 18.7. The number of ether oxygens (including phenoxy) is 3. The highest BCUT2D eigenvalue weighted by Crippen LogP contribution is 2.35. The van der Waals surface area contributed by atoms with Gasteiger partial charge in [0, 0.05) is 39.3 Å². The van der Waals surface area contributed by atoms with Crippen LogP contribution < -0.4 is 5.73 Å². The van der Waals surface area contributed by atoms with E-state index < -0.39 is 0 Å². The predicted octanol–water partition coefficient (Wildman–Crippen LogP) is 1.49. The summed E-state index contributed by atoms with van der Waals surface area (Å²) in [5.74, 6) is -0.316. The summed E-state index contributed by atoms with van der Waals surface area (Å²) in [6.45, 7) is 2.07. The Morgan fingerprint density at radius 1 is 1.43 bits per heavy atom. The molecule has 0 radical (unpaired) electrons. The second kappa shape index (κ2) is 5.69. The molecule has 1 unspecified atom stereocenters. The van der Waals surface area contributed by atoms with Crippen molar-refractivity contribution in [1.29, 1.82) is 0 Å². The van der Waals surface area contributed by atoms with Crippen LogP contribution in [0.5, 0.6) is 0 Å². The van der Waals surface area contributed by atoms with Crippen LogP contribution in [0.25, 0.3) is 0 Å². The van der Waals surface area contributed by atoms with Gasteiger partial charge in [0.1, 0.15) is 11.8 Å². The predicted molar refractivity (Wildman–Crippen MR) is 77.0 cm³/mol. The maximum absolute atomic E-state index is 12.3. The number of aromatic nitrogens is 1. The summed E-state index contributed by atoms with van der Waals surface area (Å²) in [5, 5.41) is 0. The van der Waals surface area contributed by atoms with Crippen molar-refractivity contribution in [3.8, 4) is 0 Å². The van der Waals surface area contributed by atoms with Crippen LogP contribution in [0.1, 0.15) is 36.2 Å². The molecular weight excluding hydrogens is 272 g/mol. The van der Waals surface area contributed by atoms with Gasteiger partial charge < -0.3 is 24.5 Å². The first-order valence-electron chi connectivity index (χ1n) is 7.42. The number of esters is 1. The number of rotatable bonds is 2. The van der Waals surface area contributed by atoms with Crippen molar-refractivity contribution in [3.05, 3.63) is 18.0 Å². The zero-order valence-electron chi connectivity index (χ0n) is 12.3. The monoisotopic (exact) mass is 294 g/mol. The molecule has 3 heterocycles. The van der Waals surface area contributed by atoms with Gasteiger partial charge in [-0.1, -0.05) is 0 Å². The normalized spacial score (nSPS) is 24.9. The third-order valence-electron chi connectivity index (χ3n) is 4.36. The molecule has 0 aliphatic carbocycles. The van der Waals surface area contributed by atoms with E-state index in [1.165, 1.54) is 0 Å². The van der Waals surface area contributed by atoms with E-state index in [1.54, 1.807) is 23.9 Å². The zero-order valence-corrected chi connectivity index (χ0v) is 12.3. The Labute approximate surface area is 124 Å². The molecule has 6 heteroatoms. The molecule has 1 spiro atoms. The Morgan fingerprint density at radius 3 is 2.86 bits per heavy atom. The summed E-state index contributed by atoms with van der Waals surface area (Å²) >= 11 is 0. The fourth-order valence-electron chi connectivity index (χ4n) is 3.18. The van der Waals surface area contributed by atoms with E-state index in [0.29, 0.717) is 18.0 Å². The Kier molecular flexibility index (Phi) is 3.91. The number of anilines is 1. The number of hydrogen-bond acceptors (Lipinski definition) is 5. The summed E-state index contributed by atoms with van der Waals surface area (Å²) in [4.78, 5) is 12.3. The molecule has 2 saturated heterocycles. The van der Waals surface area contributed by atoms with Gasteiger partial charge in [-0.15, -0.1) is 0 Å². The number of hydrogen-bond donors (Lipinski definition) is 1. The van der Waals surface area contributed by atoms with Crippen LogP contribution in [0.3, 0.4) is 0 Å². The first kappa shape index (κ1) is 14.4. The Balaban J connectivity index is 1.64. The molecule has 2 N–H and O–H groups in total. The molecule has 0 amide bonds. The lowest BCUT2D eigenvalue weighted by atomic mass is 9.85. The molecule has 2 fully saturated rings. The maximum atomic E-state index is 12.3. The summed E-state index contributed by atoms with van der Waals surface area (Å²) in [6, 6.07) is 1.64. The number of nitrogens with two attached hydrogens (primary N) is 1. The van der Waals surface area contributed by atoms with Crippen LogP contribution in [0.2, 0.25) is 0 Å². The summed E-state index contributed by atoms with van der Waals surface area (Å²) in [5.41, 5.74) is 6.58. The highest BCUT2D eigenvalue weighted by atomic mass is 16.6. The number of carbonyl (C=O) groups is 1. The molecule has 1 atom stereocenters. The van der Waals surface area contributed by atoms with Crippen LogP contribution in [-0.4, -0.2) is 42.1 Å². The van der Waals surface area contributed by atoms with Crippen LogP contribution in [-0.2, 0) is 21.3 Å². The molecule has 116 valence electrons. The van der Waals surface area contributed by atoms with Gasteiger partial charge in [0.15, 0.2) is 0 Å². The summed E-state index contributed by atoms with van der Waals surface area (Å²) in [6.07, 6.45) is 4.85. The van der Waals surface area contributed by atoms with E-state index >= 15 is 0 Å². The molecule has 0 saturated carbocycles. The fourth-order valence-corrected chi connectivity index (χ4v) is 3.18. The third-order valence-corrected chi connectivity index (χ3v) is 4.36. The number of carbonyl (C=O) groups excluding carboxylic acids is 1. The van der Waals surface area contributed by atoms with Gasteiger partial charge in [-0.2, -0.15) is 0 Å². The Hall–Kier alpha value is -1.53. The zero-order chi connectivity index (χ0) is 14.9. The quantitative estimate of drug-likeness (QED) is 0.836. The van der Waals surface area contributed by atoms with Crippen LogP contribution in [0, 0.1) is 0 Å². The molecule has 1 aromatic heterocycles. The van der Waals surface area contributed by atoms with Crippen LogP contribution in [0.15, 0.2) is 12.3 Å². The largest absolute Gasteiger partial charge is 0.458 e. The number of nitrogen functional groups attached to an aromatic ring is 1. The van der Waals surface area contributed by atoms with E-state index in [4.69, 9.17) is 19.9 Å². The summed E-state index contributed by atoms with van der Waals surface area (Å²) in [7, 11) is 1.79. The highest BCUT2D eigenvalue weighted by molar-refractivity contribution is 5.89. The molecule has 2 aliphatic rings. The van der Waals surface area contributed by atoms with Gasteiger partial charge in [-0.3, -0.25) is 0 Å². The van der Waals surface area contributed by atoms with Crippen molar-refractivity contribution in [2.45, 2.75) is 37.4 Å². The van der Waals surface area contributed by atoms with Crippen molar-refractivity contribution in [3.63, 3.8) is 0 Å². The van der Waals surface area contributed by atoms with E-state index in [0.717, 1.165) is 38.9 Å². The van der Waals surface area contributed by atoms with Gasteiger partial charge in [-0.05, 0) is 18.9 Å². The highest BCUT2D eigenvalue weighted by Gasteiger charge is 2.40. The SMILES string of the molecule is Cn1cc(N)cc1C(=O)OC1CCOC2(CCOCC2)C1. The molecule has 6 nitrogen and oxygen atoms in total. The smallest absolute Gasteiger partial charge is 0.355 e. The molecule has 1 aromatic rings. The average molecular weight is 294 g/mol. The van der Waals surface area contributed by atoms with Crippen molar-refractivity contribution in [2.75, 3.05) is 25.6 Å². The van der Waals surface area contributed by atoms with E-state index in [2.05, 4.69) is 0 Å². The first-order chi connectivity index (χ1) is 10.1. The molecule has 0 aromatic carbocycles. The van der Waals surface area contributed by atoms with E-state index in [-0.39, 0.29) is 17.7 Å². The topological polar surface area (TPSA) is 75.7 Å². The van der Waals surface area contributed by atoms with Gasteiger partial charge in [0.25, 0.3) is 0 Å². The minimum Gasteiger partial charge on any atom is -0.458 e. The second-order valence-electron chi connectivity index (χ2n) is 5.93. The van der Waals surface area contributed by atoms with E-state index in [1.807, 2.05) is 0 Å². The first-order valence-corrected chi connectivity index (χ1v) is 7.42. The standard InChI is InChI=1S/C15H22N2O4/c1-17-10-11(16)8-13(17)14(18)21-12-2-5-20-15(9-12)3-6-19-7-4-15/h8,10,12H,2-7,9,16H2,1H3.